The normalized spacial score (nSPS) is 15.9. The van der Waals surface area contributed by atoms with Crippen LogP contribution in [0.3, 0.4) is 0 Å². The fraction of sp³-hybridized carbons (Fsp3) is 1.00. The quantitative estimate of drug-likeness (QED) is 0.497. The van der Waals surface area contributed by atoms with Crippen LogP contribution in [0.2, 0.25) is 0 Å². The van der Waals surface area contributed by atoms with E-state index in [4.69, 9.17) is 9.47 Å². The van der Waals surface area contributed by atoms with Crippen molar-refractivity contribution in [2.45, 2.75) is 32.0 Å². The molecule has 0 rings (SSSR count). The largest absolute Gasteiger partial charge is 0.382 e. The van der Waals surface area contributed by atoms with Crippen molar-refractivity contribution in [2.75, 3.05) is 26.9 Å². The molecule has 0 N–H and O–H groups in total. The van der Waals surface area contributed by atoms with Gasteiger partial charge in [-0.25, -0.2) is 0 Å². The minimum Gasteiger partial charge on any atom is -0.382 e. The number of halogens is 1. The summed E-state index contributed by atoms with van der Waals surface area (Å²) in [6.45, 7) is 8.96. The first kappa shape index (κ1) is 14.4. The first-order valence-electron chi connectivity index (χ1n) is 5.30. The van der Waals surface area contributed by atoms with Gasteiger partial charge >= 0.3 is 0 Å². The zero-order valence-electron chi connectivity index (χ0n) is 9.75. The van der Waals surface area contributed by atoms with E-state index in [1.165, 1.54) is 0 Å². The second-order valence-electron chi connectivity index (χ2n) is 3.98. The Hall–Kier alpha value is 0.400. The third kappa shape index (κ3) is 6.80. The van der Waals surface area contributed by atoms with E-state index in [9.17, 15) is 0 Å². The molecule has 0 fully saturated rings. The van der Waals surface area contributed by atoms with Gasteiger partial charge < -0.3 is 9.47 Å². The molecule has 2 unspecified atom stereocenters. The van der Waals surface area contributed by atoms with E-state index in [1.807, 2.05) is 0 Å². The lowest BCUT2D eigenvalue weighted by molar-refractivity contribution is 0.0609. The summed E-state index contributed by atoms with van der Waals surface area (Å²) in [5.74, 6) is 1.40. The molecular weight excluding hydrogens is 244 g/mol. The van der Waals surface area contributed by atoms with Crippen molar-refractivity contribution >= 4 is 15.9 Å². The van der Waals surface area contributed by atoms with Crippen molar-refractivity contribution in [1.29, 1.82) is 0 Å². The van der Waals surface area contributed by atoms with Crippen LogP contribution in [0, 0.1) is 11.8 Å². The maximum Gasteiger partial charge on any atom is 0.0700 e. The highest BCUT2D eigenvalue weighted by Gasteiger charge is 2.17. The fourth-order valence-electron chi connectivity index (χ4n) is 1.56. The summed E-state index contributed by atoms with van der Waals surface area (Å²) in [6.07, 6.45) is 1.12. The van der Waals surface area contributed by atoms with Crippen LogP contribution in [-0.2, 0) is 9.47 Å². The molecule has 0 aromatic carbocycles. The molecule has 0 heterocycles. The summed E-state index contributed by atoms with van der Waals surface area (Å²) in [6, 6.07) is 0. The first-order chi connectivity index (χ1) is 6.59. The van der Waals surface area contributed by atoms with E-state index in [0.29, 0.717) is 29.9 Å². The number of hydrogen-bond donors (Lipinski definition) is 0. The maximum atomic E-state index is 5.46. The SMILES string of the molecule is COCCOCCC(C(C)C)C(C)Br. The van der Waals surface area contributed by atoms with Crippen LogP contribution in [0.15, 0.2) is 0 Å². The van der Waals surface area contributed by atoms with E-state index in [0.717, 1.165) is 13.0 Å². The topological polar surface area (TPSA) is 18.5 Å². The van der Waals surface area contributed by atoms with Crippen molar-refractivity contribution in [2.24, 2.45) is 11.8 Å². The summed E-state index contributed by atoms with van der Waals surface area (Å²) in [5, 5.41) is 0. The summed E-state index contributed by atoms with van der Waals surface area (Å²) < 4.78 is 10.4. The lowest BCUT2D eigenvalue weighted by Crippen LogP contribution is -2.20. The van der Waals surface area contributed by atoms with Gasteiger partial charge in [0.25, 0.3) is 0 Å². The maximum absolute atomic E-state index is 5.46. The van der Waals surface area contributed by atoms with Gasteiger partial charge in [-0.1, -0.05) is 36.7 Å². The predicted molar refractivity (Wildman–Crippen MR) is 64.0 cm³/mol. The molecule has 0 saturated carbocycles. The van der Waals surface area contributed by atoms with Gasteiger partial charge in [-0.3, -0.25) is 0 Å². The van der Waals surface area contributed by atoms with Crippen molar-refractivity contribution < 1.29 is 9.47 Å². The van der Waals surface area contributed by atoms with E-state index in [2.05, 4.69) is 36.7 Å². The molecule has 0 aliphatic rings. The first-order valence-corrected chi connectivity index (χ1v) is 6.22. The Morgan fingerprint density at radius 3 is 2.14 bits per heavy atom. The fourth-order valence-corrected chi connectivity index (χ4v) is 2.43. The highest BCUT2D eigenvalue weighted by Crippen LogP contribution is 2.24. The van der Waals surface area contributed by atoms with Crippen LogP contribution >= 0.6 is 15.9 Å². The molecule has 0 bridgehead atoms. The lowest BCUT2D eigenvalue weighted by Gasteiger charge is -2.23. The molecular formula is C11H23BrO2. The summed E-state index contributed by atoms with van der Waals surface area (Å²) in [4.78, 5) is 0.563. The molecule has 0 aliphatic carbocycles. The Balaban J connectivity index is 3.52. The number of alkyl halides is 1. The second-order valence-corrected chi connectivity index (χ2v) is 5.42. The highest BCUT2D eigenvalue weighted by atomic mass is 79.9. The molecule has 0 amide bonds. The minimum atomic E-state index is 0.563. The summed E-state index contributed by atoms with van der Waals surface area (Å²) in [7, 11) is 1.70. The molecule has 86 valence electrons. The molecule has 2 nitrogen and oxygen atoms in total. The zero-order valence-corrected chi connectivity index (χ0v) is 11.3. The standard InChI is InChI=1S/C11H23BrO2/c1-9(2)11(10(3)12)5-6-14-8-7-13-4/h9-11H,5-8H2,1-4H3. The van der Waals surface area contributed by atoms with Crippen molar-refractivity contribution in [3.05, 3.63) is 0 Å². The van der Waals surface area contributed by atoms with Gasteiger partial charge in [-0.05, 0) is 18.3 Å². The van der Waals surface area contributed by atoms with Crippen molar-refractivity contribution in [1.82, 2.24) is 0 Å². The Morgan fingerprint density at radius 1 is 1.07 bits per heavy atom. The van der Waals surface area contributed by atoms with Gasteiger partial charge in [0.2, 0.25) is 0 Å². The van der Waals surface area contributed by atoms with E-state index in [-0.39, 0.29) is 0 Å². The van der Waals surface area contributed by atoms with Crippen LogP contribution < -0.4 is 0 Å². The highest BCUT2D eigenvalue weighted by molar-refractivity contribution is 9.09. The summed E-state index contributed by atoms with van der Waals surface area (Å²) >= 11 is 3.64. The minimum absolute atomic E-state index is 0.563. The molecule has 14 heavy (non-hydrogen) atoms. The van der Waals surface area contributed by atoms with Crippen LogP contribution in [-0.4, -0.2) is 31.8 Å². The number of methoxy groups -OCH3 is 1. The summed E-state index contributed by atoms with van der Waals surface area (Å²) in [5.41, 5.74) is 0. The van der Waals surface area contributed by atoms with Gasteiger partial charge in [0, 0.05) is 18.5 Å². The number of ether oxygens (including phenoxy) is 2. The van der Waals surface area contributed by atoms with Crippen LogP contribution in [0.4, 0.5) is 0 Å². The molecule has 0 radical (unpaired) electrons. The van der Waals surface area contributed by atoms with Crippen LogP contribution in [0.5, 0.6) is 0 Å². The lowest BCUT2D eigenvalue weighted by atomic mass is 9.90. The number of hydrogen-bond acceptors (Lipinski definition) is 2. The Morgan fingerprint density at radius 2 is 1.71 bits per heavy atom. The average Bonchev–Trinajstić information content (AvgIpc) is 2.09. The van der Waals surface area contributed by atoms with Gasteiger partial charge in [0.1, 0.15) is 0 Å². The van der Waals surface area contributed by atoms with Crippen molar-refractivity contribution in [3.63, 3.8) is 0 Å². The zero-order chi connectivity index (χ0) is 11.0. The molecule has 0 saturated heterocycles. The van der Waals surface area contributed by atoms with E-state index in [1.54, 1.807) is 7.11 Å². The Labute approximate surface area is 96.5 Å². The van der Waals surface area contributed by atoms with Gasteiger partial charge in [0.05, 0.1) is 13.2 Å². The number of rotatable bonds is 8. The second kappa shape index (κ2) is 8.69. The Bertz CT molecular complexity index is 118. The van der Waals surface area contributed by atoms with Crippen LogP contribution in [0.25, 0.3) is 0 Å². The molecule has 3 heteroatoms. The molecule has 2 atom stereocenters. The predicted octanol–water partition coefficient (Wildman–Crippen LogP) is 3.10. The van der Waals surface area contributed by atoms with E-state index < -0.39 is 0 Å². The molecule has 0 aromatic heterocycles. The van der Waals surface area contributed by atoms with Gasteiger partial charge in [0.15, 0.2) is 0 Å². The molecule has 0 spiro atoms. The molecule has 0 aliphatic heterocycles. The smallest absolute Gasteiger partial charge is 0.0700 e. The van der Waals surface area contributed by atoms with Crippen LogP contribution in [0.1, 0.15) is 27.2 Å². The third-order valence-corrected chi connectivity index (χ3v) is 3.15. The molecule has 0 aromatic rings. The third-order valence-electron chi connectivity index (χ3n) is 2.47. The van der Waals surface area contributed by atoms with E-state index >= 15 is 0 Å². The van der Waals surface area contributed by atoms with Crippen molar-refractivity contribution in [3.8, 4) is 0 Å². The Kier molecular flexibility index (Phi) is 8.94. The monoisotopic (exact) mass is 266 g/mol. The van der Waals surface area contributed by atoms with Gasteiger partial charge in [-0.15, -0.1) is 0 Å². The van der Waals surface area contributed by atoms with Gasteiger partial charge in [-0.2, -0.15) is 0 Å². The average molecular weight is 267 g/mol.